The highest BCUT2D eigenvalue weighted by atomic mass is 19.4. The molecule has 1 aliphatic rings. The highest BCUT2D eigenvalue weighted by molar-refractivity contribution is 5.94. The van der Waals surface area contributed by atoms with Crippen molar-refractivity contribution in [1.29, 1.82) is 0 Å². The molecule has 0 aliphatic heterocycles. The fourth-order valence-electron chi connectivity index (χ4n) is 5.41. The van der Waals surface area contributed by atoms with Crippen molar-refractivity contribution in [2.75, 3.05) is 0 Å². The highest BCUT2D eigenvalue weighted by Gasteiger charge is 2.42. The van der Waals surface area contributed by atoms with E-state index in [9.17, 15) is 41.0 Å². The topological polar surface area (TPSA) is 123 Å². The molecule has 0 bridgehead atoms. The summed E-state index contributed by atoms with van der Waals surface area (Å²) in [4.78, 5) is 29.5. The van der Waals surface area contributed by atoms with E-state index < -0.39 is 59.8 Å². The minimum Gasteiger partial charge on any atom is -0.392 e. The van der Waals surface area contributed by atoms with Crippen molar-refractivity contribution in [3.05, 3.63) is 106 Å². The van der Waals surface area contributed by atoms with Gasteiger partial charge in [-0.1, -0.05) is 12.1 Å². The van der Waals surface area contributed by atoms with Gasteiger partial charge < -0.3 is 16.2 Å². The monoisotopic (exact) mass is 617 g/mol. The second kappa shape index (κ2) is 12.1. The first-order valence-electron chi connectivity index (χ1n) is 13.4. The molecule has 5 rings (SSSR count). The number of alkyl halides is 3. The summed E-state index contributed by atoms with van der Waals surface area (Å²) in [6.07, 6.45) is -4.71. The van der Waals surface area contributed by atoms with Crippen molar-refractivity contribution in [2.24, 2.45) is 5.73 Å². The number of hydrogen-bond acceptors (Lipinski definition) is 5. The standard InChI is InChI=1S/C30H25F6N5O3/c31-17-8-15(9-18(32)11-17)3-6-24(27-20(2-1-7-38-27)16-4-5-23(33)21(10-16)29(37)44)39-26(43)14-41-25-13-19(42)12-22(25)28(40-41)30(34,35)36/h1-2,4-5,7-11,19,24,42H,3,6,12-14H2,(H2,37,44)(H,39,43)/t19?,24-/m0/s1. The summed E-state index contributed by atoms with van der Waals surface area (Å²) >= 11 is 0. The van der Waals surface area contributed by atoms with Crippen LogP contribution in [0.25, 0.3) is 11.1 Å². The molecule has 0 spiro atoms. The number of carbonyl (C=O) groups excluding carboxylic acids is 2. The van der Waals surface area contributed by atoms with Crippen LogP contribution in [0, 0.1) is 17.5 Å². The predicted molar refractivity (Wildman–Crippen MR) is 144 cm³/mol. The van der Waals surface area contributed by atoms with E-state index in [0.29, 0.717) is 17.2 Å². The summed E-state index contributed by atoms with van der Waals surface area (Å²) < 4.78 is 83.7. The van der Waals surface area contributed by atoms with Gasteiger partial charge in [-0.25, -0.2) is 13.2 Å². The zero-order valence-electron chi connectivity index (χ0n) is 22.8. The summed E-state index contributed by atoms with van der Waals surface area (Å²) in [6, 6.07) is 8.77. The van der Waals surface area contributed by atoms with Crippen LogP contribution < -0.4 is 11.1 Å². The molecular formula is C30H25F6N5O3. The molecule has 2 heterocycles. The third-order valence-electron chi connectivity index (χ3n) is 7.29. The Morgan fingerprint density at radius 3 is 2.48 bits per heavy atom. The number of aliphatic hydroxyl groups is 1. The first-order valence-corrected chi connectivity index (χ1v) is 13.4. The largest absolute Gasteiger partial charge is 0.435 e. The number of rotatable bonds is 9. The minimum atomic E-state index is -4.79. The van der Waals surface area contributed by atoms with Gasteiger partial charge in [-0.15, -0.1) is 0 Å². The van der Waals surface area contributed by atoms with E-state index in [0.717, 1.165) is 22.9 Å². The van der Waals surface area contributed by atoms with Gasteiger partial charge in [0.1, 0.15) is 24.0 Å². The van der Waals surface area contributed by atoms with Crippen molar-refractivity contribution in [3.8, 4) is 11.1 Å². The number of hydrogen-bond donors (Lipinski definition) is 3. The Kier molecular flexibility index (Phi) is 8.46. The Hall–Kier alpha value is -4.72. The number of carbonyl (C=O) groups is 2. The van der Waals surface area contributed by atoms with Gasteiger partial charge in [0.05, 0.1) is 23.4 Å². The molecule has 14 heteroatoms. The molecule has 0 radical (unpaired) electrons. The van der Waals surface area contributed by atoms with E-state index >= 15 is 0 Å². The molecule has 0 saturated carbocycles. The first kappa shape index (κ1) is 30.7. The zero-order valence-corrected chi connectivity index (χ0v) is 22.8. The molecule has 44 heavy (non-hydrogen) atoms. The Bertz CT molecular complexity index is 1720. The van der Waals surface area contributed by atoms with Gasteiger partial charge in [-0.2, -0.15) is 18.3 Å². The Balaban J connectivity index is 1.49. The molecule has 1 unspecified atom stereocenters. The van der Waals surface area contributed by atoms with E-state index in [1.165, 1.54) is 18.3 Å². The quantitative estimate of drug-likeness (QED) is 0.240. The fourth-order valence-corrected chi connectivity index (χ4v) is 5.41. The maximum Gasteiger partial charge on any atom is 0.435 e. The summed E-state index contributed by atoms with van der Waals surface area (Å²) in [5.41, 5.74) is 4.87. The number of primary amides is 1. The smallest absolute Gasteiger partial charge is 0.392 e. The summed E-state index contributed by atoms with van der Waals surface area (Å²) in [5, 5.41) is 16.3. The van der Waals surface area contributed by atoms with Crippen LogP contribution in [0.3, 0.4) is 0 Å². The number of aliphatic hydroxyl groups excluding tert-OH is 1. The molecule has 8 nitrogen and oxygen atoms in total. The number of nitrogens with zero attached hydrogens (tertiary/aromatic N) is 3. The number of aryl methyl sites for hydroxylation is 1. The summed E-state index contributed by atoms with van der Waals surface area (Å²) in [6.45, 7) is -0.624. The van der Waals surface area contributed by atoms with Crippen molar-refractivity contribution < 1.29 is 41.0 Å². The second-order valence-electron chi connectivity index (χ2n) is 10.4. The third-order valence-corrected chi connectivity index (χ3v) is 7.29. The van der Waals surface area contributed by atoms with E-state index in [4.69, 9.17) is 5.73 Å². The number of nitrogens with one attached hydrogen (secondary N) is 1. The molecule has 4 aromatic rings. The van der Waals surface area contributed by atoms with Crippen molar-refractivity contribution >= 4 is 11.8 Å². The molecule has 2 aromatic carbocycles. The van der Waals surface area contributed by atoms with Crippen molar-refractivity contribution in [1.82, 2.24) is 20.1 Å². The lowest BCUT2D eigenvalue weighted by atomic mass is 9.94. The normalized spacial score (nSPS) is 15.2. The van der Waals surface area contributed by atoms with Gasteiger partial charge in [-0.3, -0.25) is 19.3 Å². The summed E-state index contributed by atoms with van der Waals surface area (Å²) in [7, 11) is 0. The second-order valence-corrected chi connectivity index (χ2v) is 10.4. The molecule has 0 saturated heterocycles. The van der Waals surface area contributed by atoms with Gasteiger partial charge in [-0.05, 0) is 54.3 Å². The zero-order chi connectivity index (χ0) is 31.8. The van der Waals surface area contributed by atoms with E-state index in [1.54, 1.807) is 12.1 Å². The number of nitrogens with two attached hydrogens (primary N) is 1. The molecule has 2 amide bonds. The maximum atomic E-state index is 14.2. The number of fused-ring (bicyclic) bond motifs is 1. The first-order chi connectivity index (χ1) is 20.8. The number of halogens is 6. The lowest BCUT2D eigenvalue weighted by Gasteiger charge is -2.22. The van der Waals surface area contributed by atoms with Crippen molar-refractivity contribution in [3.63, 3.8) is 0 Å². The highest BCUT2D eigenvalue weighted by Crippen LogP contribution is 2.37. The molecule has 1 aliphatic carbocycles. The fraction of sp³-hybridized carbons (Fsp3) is 0.267. The van der Waals surface area contributed by atoms with Crippen molar-refractivity contribution in [2.45, 2.75) is 50.6 Å². The number of aromatic nitrogens is 3. The van der Waals surface area contributed by atoms with E-state index in [1.807, 2.05) is 0 Å². The molecule has 230 valence electrons. The lowest BCUT2D eigenvalue weighted by molar-refractivity contribution is -0.142. The maximum absolute atomic E-state index is 14.2. The molecule has 0 fully saturated rings. The number of amides is 2. The number of benzene rings is 2. The molecule has 2 atom stereocenters. The van der Waals surface area contributed by atoms with Crippen LogP contribution in [0.15, 0.2) is 54.7 Å². The van der Waals surface area contributed by atoms with Gasteiger partial charge in [0, 0.05) is 41.9 Å². The van der Waals surface area contributed by atoms with E-state index in [-0.39, 0.29) is 53.8 Å². The van der Waals surface area contributed by atoms with Crippen LogP contribution in [0.1, 0.15) is 51.0 Å². The average molecular weight is 618 g/mol. The third kappa shape index (κ3) is 6.59. The van der Waals surface area contributed by atoms with Crippen LogP contribution in [0.2, 0.25) is 0 Å². The number of pyridine rings is 1. The predicted octanol–water partition coefficient (Wildman–Crippen LogP) is 4.43. The van der Waals surface area contributed by atoms with Gasteiger partial charge in [0.25, 0.3) is 5.91 Å². The average Bonchev–Trinajstić information content (AvgIpc) is 3.48. The Morgan fingerprint density at radius 2 is 1.80 bits per heavy atom. The Labute approximate surface area is 246 Å². The molecular weight excluding hydrogens is 592 g/mol. The SMILES string of the molecule is NC(=O)c1cc(-c2cccnc2[C@H](CCc2cc(F)cc(F)c2)NC(=O)Cn2nc(C(F)(F)F)c3c2CC(O)C3)ccc1F. The summed E-state index contributed by atoms with van der Waals surface area (Å²) in [5.74, 6) is -4.23. The van der Waals surface area contributed by atoms with Crippen LogP contribution >= 0.6 is 0 Å². The van der Waals surface area contributed by atoms with Gasteiger partial charge >= 0.3 is 6.18 Å². The van der Waals surface area contributed by atoms with Crippen LogP contribution in [0.5, 0.6) is 0 Å². The van der Waals surface area contributed by atoms with Crippen LogP contribution in [-0.4, -0.2) is 37.8 Å². The minimum absolute atomic E-state index is 0.0340. The Morgan fingerprint density at radius 1 is 1.07 bits per heavy atom. The molecule has 2 aromatic heterocycles. The van der Waals surface area contributed by atoms with E-state index in [2.05, 4.69) is 15.4 Å². The van der Waals surface area contributed by atoms with Crippen LogP contribution in [-0.2, 0) is 36.8 Å². The molecule has 4 N–H and O–H groups in total. The van der Waals surface area contributed by atoms with Crippen LogP contribution in [0.4, 0.5) is 26.3 Å². The van der Waals surface area contributed by atoms with Gasteiger partial charge in [0.2, 0.25) is 5.91 Å². The van der Waals surface area contributed by atoms with Gasteiger partial charge in [0.15, 0.2) is 5.69 Å². The lowest BCUT2D eigenvalue weighted by Crippen LogP contribution is -2.33.